The summed E-state index contributed by atoms with van der Waals surface area (Å²) < 4.78 is 26.3. The van der Waals surface area contributed by atoms with Crippen LogP contribution in [0.1, 0.15) is 22.5 Å². The molecule has 4 rings (SSSR count). The number of aryl methyl sites for hydroxylation is 1. The zero-order valence-electron chi connectivity index (χ0n) is 19.1. The van der Waals surface area contributed by atoms with Gasteiger partial charge in [0.1, 0.15) is 17.3 Å². The number of methoxy groups -OCH3 is 2. The molecule has 0 aliphatic rings. The molecule has 1 N–H and O–H groups in total. The average molecular weight is 460 g/mol. The van der Waals surface area contributed by atoms with E-state index < -0.39 is 0 Å². The summed E-state index contributed by atoms with van der Waals surface area (Å²) in [5, 5.41) is 7.49. The first-order chi connectivity index (χ1) is 16.6. The maximum Gasteiger partial charge on any atom is 0.271 e. The van der Waals surface area contributed by atoms with Crippen molar-refractivity contribution in [3.05, 3.63) is 95.9 Å². The number of carbonyl (C=O) groups is 1. The van der Waals surface area contributed by atoms with Crippen LogP contribution in [0.5, 0.6) is 11.5 Å². The summed E-state index contributed by atoms with van der Waals surface area (Å²) in [5.41, 5.74) is 3.31. The van der Waals surface area contributed by atoms with Gasteiger partial charge in [0.2, 0.25) is 0 Å². The number of amides is 1. The SMILES string of the molecule is COc1cccc(OC)c1-c1cc(C(=O)NCCCc2ccccc2)nn1-c1ccc(F)cc1. The number of nitrogens with one attached hydrogen (secondary N) is 1. The quantitative estimate of drug-likeness (QED) is 0.356. The van der Waals surface area contributed by atoms with Gasteiger partial charge in [-0.25, -0.2) is 9.07 Å². The molecule has 1 aromatic heterocycles. The number of nitrogens with zero attached hydrogens (tertiary/aromatic N) is 2. The van der Waals surface area contributed by atoms with Crippen LogP contribution in [-0.2, 0) is 6.42 Å². The summed E-state index contributed by atoms with van der Waals surface area (Å²) in [6.07, 6.45) is 1.68. The van der Waals surface area contributed by atoms with E-state index in [4.69, 9.17) is 9.47 Å². The molecule has 1 amide bonds. The van der Waals surface area contributed by atoms with Gasteiger partial charge in [-0.05, 0) is 60.9 Å². The van der Waals surface area contributed by atoms with Gasteiger partial charge in [-0.2, -0.15) is 5.10 Å². The van der Waals surface area contributed by atoms with E-state index in [-0.39, 0.29) is 17.4 Å². The van der Waals surface area contributed by atoms with Gasteiger partial charge in [0.15, 0.2) is 5.69 Å². The molecular weight excluding hydrogens is 433 g/mol. The fourth-order valence-electron chi connectivity index (χ4n) is 3.78. The molecule has 7 heteroatoms. The molecule has 0 radical (unpaired) electrons. The summed E-state index contributed by atoms with van der Waals surface area (Å²) in [6.45, 7) is 0.518. The van der Waals surface area contributed by atoms with Crippen molar-refractivity contribution >= 4 is 5.91 Å². The first-order valence-electron chi connectivity index (χ1n) is 11.0. The Morgan fingerprint density at radius 1 is 0.941 bits per heavy atom. The monoisotopic (exact) mass is 459 g/mol. The molecular formula is C27H26FN3O3. The van der Waals surface area contributed by atoms with Crippen molar-refractivity contribution in [2.75, 3.05) is 20.8 Å². The van der Waals surface area contributed by atoms with Crippen LogP contribution < -0.4 is 14.8 Å². The summed E-state index contributed by atoms with van der Waals surface area (Å²) in [6, 6.07) is 23.2. The van der Waals surface area contributed by atoms with E-state index in [1.807, 2.05) is 36.4 Å². The molecule has 0 spiro atoms. The van der Waals surface area contributed by atoms with Crippen LogP contribution in [0.2, 0.25) is 0 Å². The average Bonchev–Trinajstić information content (AvgIpc) is 3.32. The van der Waals surface area contributed by atoms with E-state index in [1.54, 1.807) is 37.1 Å². The second-order valence-corrected chi connectivity index (χ2v) is 7.69. The van der Waals surface area contributed by atoms with E-state index in [0.717, 1.165) is 12.8 Å². The number of rotatable bonds is 9. The predicted octanol–water partition coefficient (Wildman–Crippen LogP) is 5.06. The Bertz CT molecular complexity index is 1230. The molecule has 34 heavy (non-hydrogen) atoms. The molecule has 0 atom stereocenters. The third-order valence-corrected chi connectivity index (χ3v) is 5.47. The summed E-state index contributed by atoms with van der Waals surface area (Å²) in [5.74, 6) is 0.489. The van der Waals surface area contributed by atoms with E-state index in [0.29, 0.717) is 35.0 Å². The number of benzene rings is 3. The zero-order chi connectivity index (χ0) is 23.9. The Hall–Kier alpha value is -4.13. The highest BCUT2D eigenvalue weighted by molar-refractivity contribution is 5.94. The molecule has 0 unspecified atom stereocenters. The number of ether oxygens (including phenoxy) is 2. The summed E-state index contributed by atoms with van der Waals surface area (Å²) in [4.78, 5) is 12.9. The lowest BCUT2D eigenvalue weighted by Crippen LogP contribution is -2.25. The van der Waals surface area contributed by atoms with Gasteiger partial charge in [-0.3, -0.25) is 4.79 Å². The molecule has 6 nitrogen and oxygen atoms in total. The minimum Gasteiger partial charge on any atom is -0.496 e. The number of hydrogen-bond acceptors (Lipinski definition) is 4. The van der Waals surface area contributed by atoms with Gasteiger partial charge in [0.25, 0.3) is 5.91 Å². The van der Waals surface area contributed by atoms with Crippen LogP contribution in [0.4, 0.5) is 4.39 Å². The van der Waals surface area contributed by atoms with Crippen molar-refractivity contribution in [2.24, 2.45) is 0 Å². The van der Waals surface area contributed by atoms with Gasteiger partial charge in [0.05, 0.1) is 31.2 Å². The highest BCUT2D eigenvalue weighted by Crippen LogP contribution is 2.39. The first kappa shape index (κ1) is 23.0. The van der Waals surface area contributed by atoms with Gasteiger partial charge in [-0.1, -0.05) is 36.4 Å². The topological polar surface area (TPSA) is 65.4 Å². The van der Waals surface area contributed by atoms with Gasteiger partial charge < -0.3 is 14.8 Å². The van der Waals surface area contributed by atoms with Crippen molar-refractivity contribution in [3.63, 3.8) is 0 Å². The largest absolute Gasteiger partial charge is 0.496 e. The van der Waals surface area contributed by atoms with Crippen molar-refractivity contribution < 1.29 is 18.7 Å². The normalized spacial score (nSPS) is 10.7. The molecule has 0 aliphatic heterocycles. The summed E-state index contributed by atoms with van der Waals surface area (Å²) in [7, 11) is 3.13. The second kappa shape index (κ2) is 10.7. The van der Waals surface area contributed by atoms with Crippen molar-refractivity contribution in [1.29, 1.82) is 0 Å². The minimum atomic E-state index is -0.358. The highest BCUT2D eigenvalue weighted by atomic mass is 19.1. The van der Waals surface area contributed by atoms with Crippen LogP contribution >= 0.6 is 0 Å². The van der Waals surface area contributed by atoms with Crippen LogP contribution in [0.15, 0.2) is 78.9 Å². The third kappa shape index (κ3) is 5.09. The van der Waals surface area contributed by atoms with Crippen LogP contribution in [0.3, 0.4) is 0 Å². The summed E-state index contributed by atoms with van der Waals surface area (Å²) >= 11 is 0. The standard InChI is InChI=1S/C27H26FN3O3/c1-33-24-11-6-12-25(34-2)26(24)23-18-22(30-31(23)21-15-13-20(28)14-16-21)27(32)29-17-7-10-19-8-4-3-5-9-19/h3-6,8-9,11-16,18H,7,10,17H2,1-2H3,(H,29,32). The van der Waals surface area contributed by atoms with Crippen LogP contribution in [-0.4, -0.2) is 36.5 Å². The highest BCUT2D eigenvalue weighted by Gasteiger charge is 2.22. The maximum absolute atomic E-state index is 13.6. The maximum atomic E-state index is 13.6. The molecule has 0 saturated carbocycles. The van der Waals surface area contributed by atoms with Crippen LogP contribution in [0, 0.1) is 5.82 Å². The lowest BCUT2D eigenvalue weighted by Gasteiger charge is -2.14. The fourth-order valence-corrected chi connectivity index (χ4v) is 3.78. The molecule has 3 aromatic carbocycles. The van der Waals surface area contributed by atoms with Gasteiger partial charge >= 0.3 is 0 Å². The Morgan fingerprint density at radius 2 is 1.62 bits per heavy atom. The zero-order valence-corrected chi connectivity index (χ0v) is 19.1. The van der Waals surface area contributed by atoms with E-state index in [2.05, 4.69) is 22.5 Å². The molecule has 0 fully saturated rings. The van der Waals surface area contributed by atoms with Crippen molar-refractivity contribution in [3.8, 4) is 28.4 Å². The van der Waals surface area contributed by atoms with E-state index >= 15 is 0 Å². The van der Waals surface area contributed by atoms with Gasteiger partial charge in [-0.15, -0.1) is 0 Å². The molecule has 174 valence electrons. The predicted molar refractivity (Wildman–Crippen MR) is 129 cm³/mol. The number of aromatic nitrogens is 2. The molecule has 4 aromatic rings. The number of halogens is 1. The smallest absolute Gasteiger partial charge is 0.271 e. The fraction of sp³-hybridized carbons (Fsp3) is 0.185. The lowest BCUT2D eigenvalue weighted by atomic mass is 10.1. The van der Waals surface area contributed by atoms with E-state index in [1.165, 1.54) is 17.7 Å². The van der Waals surface area contributed by atoms with Gasteiger partial charge in [0, 0.05) is 6.54 Å². The molecule has 0 bridgehead atoms. The molecule has 0 saturated heterocycles. The molecule has 0 aliphatic carbocycles. The molecule has 1 heterocycles. The lowest BCUT2D eigenvalue weighted by molar-refractivity contribution is 0.0948. The van der Waals surface area contributed by atoms with Crippen molar-refractivity contribution in [1.82, 2.24) is 15.1 Å². The number of carbonyl (C=O) groups excluding carboxylic acids is 1. The van der Waals surface area contributed by atoms with E-state index in [9.17, 15) is 9.18 Å². The second-order valence-electron chi connectivity index (χ2n) is 7.69. The third-order valence-electron chi connectivity index (χ3n) is 5.47. The Kier molecular flexibility index (Phi) is 7.22. The first-order valence-corrected chi connectivity index (χ1v) is 11.0. The minimum absolute atomic E-state index is 0.243. The Balaban J connectivity index is 1.63. The van der Waals surface area contributed by atoms with Crippen LogP contribution in [0.25, 0.3) is 16.9 Å². The number of hydrogen-bond donors (Lipinski definition) is 1. The Labute approximate surface area is 198 Å². The van der Waals surface area contributed by atoms with Crippen molar-refractivity contribution in [2.45, 2.75) is 12.8 Å². The Morgan fingerprint density at radius 3 is 2.26 bits per heavy atom.